The second-order valence-electron chi connectivity index (χ2n) is 9.31. The van der Waals surface area contributed by atoms with Crippen LogP contribution in [0, 0.1) is 33.8 Å². The predicted octanol–water partition coefficient (Wildman–Crippen LogP) is 3.62. The van der Waals surface area contributed by atoms with E-state index in [1.807, 2.05) is 0 Å². The molecule has 0 aromatic heterocycles. The van der Waals surface area contributed by atoms with Gasteiger partial charge in [0.25, 0.3) is 23.4 Å². The number of fused-ring (bicyclic) bond motifs is 5. The first-order valence-electron chi connectivity index (χ1n) is 11.5. The Bertz CT molecular complexity index is 1290. The Balaban J connectivity index is 1.51. The summed E-state index contributed by atoms with van der Waals surface area (Å²) in [5.41, 5.74) is -0.197. The molecule has 37 heavy (non-hydrogen) atoms. The number of benzene rings is 2. The maximum Gasteiger partial charge on any atom is 0.273 e. The molecule has 0 radical (unpaired) electrons. The molecule has 2 aromatic carbocycles. The average molecular weight is 635 g/mol. The molecule has 0 spiro atoms. The Kier molecular flexibility index (Phi) is 6.65. The van der Waals surface area contributed by atoms with Crippen LogP contribution in [0.1, 0.15) is 27.1 Å². The quantitative estimate of drug-likeness (QED) is 0.150. The first kappa shape index (κ1) is 25.5. The Morgan fingerprint density at radius 1 is 1.03 bits per heavy atom. The van der Waals surface area contributed by atoms with Crippen LogP contribution < -0.4 is 4.74 Å². The van der Waals surface area contributed by atoms with Crippen LogP contribution in [-0.2, 0) is 9.59 Å². The first-order valence-corrected chi connectivity index (χ1v) is 13.4. The number of halogens is 2. The molecule has 3 amide bonds. The van der Waals surface area contributed by atoms with Gasteiger partial charge in [-0.05, 0) is 48.6 Å². The van der Waals surface area contributed by atoms with Crippen molar-refractivity contribution in [2.45, 2.75) is 16.1 Å². The van der Waals surface area contributed by atoms with Gasteiger partial charge in [0.05, 0.1) is 23.9 Å². The van der Waals surface area contributed by atoms with E-state index in [1.54, 1.807) is 12.1 Å². The van der Waals surface area contributed by atoms with Gasteiger partial charge in [0, 0.05) is 32.9 Å². The fourth-order valence-corrected chi connectivity index (χ4v) is 7.58. The number of rotatable bonds is 7. The normalized spacial score (nSPS) is 27.8. The van der Waals surface area contributed by atoms with E-state index in [0.29, 0.717) is 12.2 Å². The second-order valence-corrected chi connectivity index (χ2v) is 11.4. The lowest BCUT2D eigenvalue weighted by Crippen LogP contribution is -2.52. The zero-order valence-corrected chi connectivity index (χ0v) is 22.6. The number of hydrazine groups is 1. The number of nitrogens with zero attached hydrogens (tertiary/aromatic N) is 3. The van der Waals surface area contributed by atoms with Gasteiger partial charge in [-0.15, -0.1) is 0 Å². The van der Waals surface area contributed by atoms with Gasteiger partial charge in [-0.1, -0.05) is 37.9 Å². The number of carbonyl (C=O) groups excluding carboxylic acids is 4. The molecule has 1 aliphatic heterocycles. The van der Waals surface area contributed by atoms with Crippen LogP contribution in [0.3, 0.4) is 0 Å². The summed E-state index contributed by atoms with van der Waals surface area (Å²) in [4.78, 5) is 64.8. The van der Waals surface area contributed by atoms with Crippen LogP contribution in [0.15, 0.2) is 48.5 Å². The van der Waals surface area contributed by atoms with Crippen molar-refractivity contribution in [3.63, 3.8) is 0 Å². The highest BCUT2D eigenvalue weighted by Crippen LogP contribution is 2.60. The van der Waals surface area contributed by atoms with Crippen molar-refractivity contribution < 1.29 is 28.8 Å². The lowest BCUT2D eigenvalue weighted by molar-refractivity contribution is -0.384. The Labute approximate surface area is 228 Å². The molecule has 1 heterocycles. The Hall–Kier alpha value is -3.12. The smallest absolute Gasteiger partial charge is 0.273 e. The fourth-order valence-electron chi connectivity index (χ4n) is 5.71. The fraction of sp³-hybridized carbons (Fsp3) is 0.360. The lowest BCUT2D eigenvalue weighted by Gasteiger charge is -2.30. The highest BCUT2D eigenvalue weighted by atomic mass is 79.9. The van der Waals surface area contributed by atoms with Gasteiger partial charge >= 0.3 is 0 Å². The minimum atomic E-state index is -0.856. The molecule has 2 aromatic rings. The van der Waals surface area contributed by atoms with Gasteiger partial charge in [0.1, 0.15) is 12.3 Å². The lowest BCUT2D eigenvalue weighted by atomic mass is 9.81. The number of hydrogen-bond acceptors (Lipinski definition) is 7. The summed E-state index contributed by atoms with van der Waals surface area (Å²) in [6.07, 6.45) is 0.704. The van der Waals surface area contributed by atoms with E-state index in [0.717, 1.165) is 16.1 Å². The molecule has 0 N–H and O–H groups in total. The van der Waals surface area contributed by atoms with Crippen molar-refractivity contribution in [3.8, 4) is 5.75 Å². The van der Waals surface area contributed by atoms with Crippen molar-refractivity contribution in [3.05, 3.63) is 69.8 Å². The zero-order chi connectivity index (χ0) is 26.6. The molecular weight excluding hydrogens is 614 g/mol. The monoisotopic (exact) mass is 633 g/mol. The van der Waals surface area contributed by atoms with E-state index in [2.05, 4.69) is 31.9 Å². The highest BCUT2D eigenvalue weighted by molar-refractivity contribution is 9.12. The summed E-state index contributed by atoms with van der Waals surface area (Å²) in [5, 5.41) is 12.9. The minimum absolute atomic E-state index is 0.00249. The van der Waals surface area contributed by atoms with Gasteiger partial charge in [-0.2, -0.15) is 5.01 Å². The summed E-state index contributed by atoms with van der Waals surface area (Å²) in [6.45, 7) is -0.602. The number of methoxy groups -OCH3 is 1. The van der Waals surface area contributed by atoms with Crippen LogP contribution in [0.5, 0.6) is 5.75 Å². The predicted molar refractivity (Wildman–Crippen MR) is 137 cm³/mol. The molecule has 2 aliphatic carbocycles. The third-order valence-corrected chi connectivity index (χ3v) is 10.7. The number of nitro benzene ring substituents is 1. The van der Waals surface area contributed by atoms with Crippen molar-refractivity contribution in [2.24, 2.45) is 23.7 Å². The number of ketones is 1. The molecule has 192 valence electrons. The number of Topliss-reactive ketones (excluding diaryl/α,β-unsaturated/α-hetero) is 1. The van der Waals surface area contributed by atoms with Crippen LogP contribution in [0.25, 0.3) is 0 Å². The number of hydrogen-bond donors (Lipinski definition) is 0. The van der Waals surface area contributed by atoms with E-state index >= 15 is 0 Å². The third-order valence-electron chi connectivity index (χ3n) is 7.45. The van der Waals surface area contributed by atoms with Crippen molar-refractivity contribution in [2.75, 3.05) is 13.7 Å². The number of imide groups is 1. The number of carbonyl (C=O) groups is 4. The van der Waals surface area contributed by atoms with Crippen molar-refractivity contribution in [1.29, 1.82) is 0 Å². The molecule has 2 saturated carbocycles. The summed E-state index contributed by atoms with van der Waals surface area (Å²) >= 11 is 7.27. The van der Waals surface area contributed by atoms with Gasteiger partial charge in [0.2, 0.25) is 0 Å². The van der Waals surface area contributed by atoms with Crippen LogP contribution in [0.4, 0.5) is 5.69 Å². The van der Waals surface area contributed by atoms with Crippen molar-refractivity contribution in [1.82, 2.24) is 10.0 Å². The SMILES string of the molecule is COc1ccc(C(=O)CN(C(=O)c2cccc([N+](=O)[O-])c2)N2C(=O)[C@@H]3[C@H]4C[C@@H]([C@H](Br)[C@H]4Br)[C@H]3C2=O)cc1. The molecule has 3 aliphatic rings. The van der Waals surface area contributed by atoms with E-state index in [4.69, 9.17) is 4.74 Å². The van der Waals surface area contributed by atoms with Gasteiger partial charge in [-0.3, -0.25) is 29.3 Å². The number of nitro groups is 1. The van der Waals surface area contributed by atoms with Gasteiger partial charge in [-0.25, -0.2) is 5.01 Å². The second kappa shape index (κ2) is 9.64. The molecule has 1 saturated heterocycles. The zero-order valence-electron chi connectivity index (χ0n) is 19.5. The maximum atomic E-state index is 13.7. The number of non-ortho nitro benzene ring substituents is 1. The largest absolute Gasteiger partial charge is 0.497 e. The third kappa shape index (κ3) is 4.15. The van der Waals surface area contributed by atoms with E-state index in [-0.39, 0.29) is 38.3 Å². The molecular formula is C25H21Br2N3O7. The number of ether oxygens (including phenoxy) is 1. The summed E-state index contributed by atoms with van der Waals surface area (Å²) in [6, 6.07) is 11.2. The van der Waals surface area contributed by atoms with E-state index in [1.165, 1.54) is 37.4 Å². The summed E-state index contributed by atoms with van der Waals surface area (Å²) < 4.78 is 5.12. The topological polar surface area (TPSA) is 127 Å². The Morgan fingerprint density at radius 3 is 2.16 bits per heavy atom. The summed E-state index contributed by atoms with van der Waals surface area (Å²) in [7, 11) is 1.49. The van der Waals surface area contributed by atoms with Crippen molar-refractivity contribution >= 4 is 61.1 Å². The molecule has 0 unspecified atom stereocenters. The van der Waals surface area contributed by atoms with Crippen LogP contribution in [0.2, 0.25) is 0 Å². The average Bonchev–Trinajstić information content (AvgIpc) is 3.51. The Morgan fingerprint density at radius 2 is 1.62 bits per heavy atom. The number of amides is 3. The molecule has 12 heteroatoms. The van der Waals surface area contributed by atoms with E-state index in [9.17, 15) is 29.3 Å². The van der Waals surface area contributed by atoms with E-state index < -0.39 is 46.8 Å². The van der Waals surface area contributed by atoms with Crippen LogP contribution in [-0.4, -0.2) is 61.8 Å². The molecule has 2 bridgehead atoms. The molecule has 3 fully saturated rings. The molecule has 10 nitrogen and oxygen atoms in total. The standard InChI is InChI=1S/C25H21Br2N3O7/c1-37-15-7-5-12(6-8-15)18(31)11-28(23(32)13-3-2-4-14(9-13)30(35)36)29-24(33)19-16-10-17(20(19)25(29)34)22(27)21(16)26/h2-9,16-17,19-22H,10-11H2,1H3/t16-,17-,19-,20-,21+,22+/m1/s1. The summed E-state index contributed by atoms with van der Waals surface area (Å²) in [5.74, 6) is -3.30. The highest BCUT2D eigenvalue weighted by Gasteiger charge is 2.67. The van der Waals surface area contributed by atoms with Gasteiger partial charge in [0.15, 0.2) is 5.78 Å². The number of alkyl halides is 2. The first-order chi connectivity index (χ1) is 17.6. The van der Waals surface area contributed by atoms with Crippen LogP contribution >= 0.6 is 31.9 Å². The maximum absolute atomic E-state index is 13.7. The molecule has 5 rings (SSSR count). The molecule has 6 atom stereocenters. The van der Waals surface area contributed by atoms with Gasteiger partial charge < -0.3 is 4.74 Å². The minimum Gasteiger partial charge on any atom is -0.497 e.